The maximum Gasteiger partial charge on any atom is 0.345 e. The summed E-state index contributed by atoms with van der Waals surface area (Å²) in [7, 11) is -4.27. The van der Waals surface area contributed by atoms with Gasteiger partial charge in [0.2, 0.25) is 16.7 Å². The third-order valence-corrected chi connectivity index (χ3v) is 8.20. The summed E-state index contributed by atoms with van der Waals surface area (Å²) in [4.78, 5) is 38.1. The van der Waals surface area contributed by atoms with E-state index in [1.54, 1.807) is 30.3 Å². The van der Waals surface area contributed by atoms with Crippen molar-refractivity contribution < 1.29 is 27.9 Å². The number of nitrogens with two attached hydrogens (primary N) is 1. The Kier molecular flexibility index (Phi) is 6.19. The summed E-state index contributed by atoms with van der Waals surface area (Å²) < 4.78 is 26.7. The summed E-state index contributed by atoms with van der Waals surface area (Å²) in [6.45, 7) is 1.86. The quantitative estimate of drug-likeness (QED) is 0.654. The summed E-state index contributed by atoms with van der Waals surface area (Å²) in [6, 6.07) is 6.59. The molecule has 0 bridgehead atoms. The maximum absolute atomic E-state index is 13.4. The predicted molar refractivity (Wildman–Crippen MR) is 109 cm³/mol. The van der Waals surface area contributed by atoms with E-state index in [1.165, 1.54) is 11.8 Å². The van der Waals surface area contributed by atoms with Gasteiger partial charge in [0.05, 0.1) is 11.8 Å². The number of rotatable bonds is 6. The standard InChI is InChI=1S/C20H27N3O6S/c1-14(21)17(24)22-11-5-9-16(22)18(25)23-12-6-10-20(23,19(26)27)30(28,29)13-15-7-3-2-4-8-15/h2-4,7-8,14,16H,5-6,9-13,21H2,1H3,(H,26,27)/t14-,16-,20+/m0/s1. The number of carbonyl (C=O) groups is 3. The number of hydrogen-bond acceptors (Lipinski definition) is 6. The molecular weight excluding hydrogens is 410 g/mol. The number of nitrogens with zero attached hydrogens (tertiary/aromatic N) is 2. The molecule has 0 aliphatic carbocycles. The van der Waals surface area contributed by atoms with Crippen molar-refractivity contribution in [3.63, 3.8) is 0 Å². The summed E-state index contributed by atoms with van der Waals surface area (Å²) in [5.41, 5.74) is 6.13. The number of likely N-dealkylation sites (tertiary alicyclic amines) is 2. The molecule has 2 fully saturated rings. The lowest BCUT2D eigenvalue weighted by Gasteiger charge is -2.37. The lowest BCUT2D eigenvalue weighted by Crippen LogP contribution is -2.62. The number of hydrogen-bond donors (Lipinski definition) is 2. The number of sulfone groups is 1. The minimum absolute atomic E-state index is 0.00978. The number of carboxylic acids is 1. The van der Waals surface area contributed by atoms with E-state index in [2.05, 4.69) is 0 Å². The predicted octanol–water partition coefficient (Wildman–Crippen LogP) is 0.343. The smallest absolute Gasteiger partial charge is 0.345 e. The van der Waals surface area contributed by atoms with Crippen LogP contribution in [0.2, 0.25) is 0 Å². The van der Waals surface area contributed by atoms with Crippen molar-refractivity contribution in [2.75, 3.05) is 13.1 Å². The van der Waals surface area contributed by atoms with Crippen molar-refractivity contribution >= 4 is 27.6 Å². The van der Waals surface area contributed by atoms with Gasteiger partial charge in [-0.25, -0.2) is 13.2 Å². The number of carbonyl (C=O) groups excluding carboxylic acids is 2. The first-order valence-electron chi connectivity index (χ1n) is 9.99. The topological polar surface area (TPSA) is 138 Å². The van der Waals surface area contributed by atoms with Crippen LogP contribution in [-0.2, 0) is 30.0 Å². The SMILES string of the molecule is C[C@H](N)C(=O)N1CCC[C@H]1C(=O)N1CCC[C@]1(C(=O)O)S(=O)(=O)Cc1ccccc1. The molecule has 0 unspecified atom stereocenters. The molecule has 1 aromatic rings. The zero-order chi connectivity index (χ0) is 22.1. The number of carboxylic acid groups (broad SMARTS) is 1. The average molecular weight is 438 g/mol. The van der Waals surface area contributed by atoms with E-state index in [0.717, 1.165) is 4.90 Å². The maximum atomic E-state index is 13.4. The minimum atomic E-state index is -4.27. The van der Waals surface area contributed by atoms with Gasteiger partial charge < -0.3 is 20.6 Å². The van der Waals surface area contributed by atoms with Crippen molar-refractivity contribution in [2.24, 2.45) is 5.73 Å². The van der Waals surface area contributed by atoms with Crippen LogP contribution in [0, 0.1) is 0 Å². The molecule has 2 amide bonds. The Balaban J connectivity index is 1.96. The highest BCUT2D eigenvalue weighted by molar-refractivity contribution is 7.92. The Morgan fingerprint density at radius 2 is 1.87 bits per heavy atom. The van der Waals surface area contributed by atoms with Gasteiger partial charge in [0, 0.05) is 13.1 Å². The molecule has 30 heavy (non-hydrogen) atoms. The molecule has 0 saturated carbocycles. The van der Waals surface area contributed by atoms with E-state index in [4.69, 9.17) is 5.73 Å². The first kappa shape index (κ1) is 22.2. The Hall–Kier alpha value is -2.46. The molecule has 2 saturated heterocycles. The largest absolute Gasteiger partial charge is 0.479 e. The van der Waals surface area contributed by atoms with Crippen LogP contribution >= 0.6 is 0 Å². The normalized spacial score (nSPS) is 25.3. The van der Waals surface area contributed by atoms with Crippen molar-refractivity contribution in [2.45, 2.75) is 55.3 Å². The van der Waals surface area contributed by atoms with Gasteiger partial charge in [0.1, 0.15) is 6.04 Å². The van der Waals surface area contributed by atoms with E-state index >= 15 is 0 Å². The monoisotopic (exact) mass is 437 g/mol. The fourth-order valence-electron chi connectivity index (χ4n) is 4.40. The summed E-state index contributed by atoms with van der Waals surface area (Å²) in [5, 5.41) is 10.0. The lowest BCUT2D eigenvalue weighted by molar-refractivity contribution is -0.154. The summed E-state index contributed by atoms with van der Waals surface area (Å²) in [5.74, 6) is -3.10. The summed E-state index contributed by atoms with van der Waals surface area (Å²) >= 11 is 0. The highest BCUT2D eigenvalue weighted by atomic mass is 32.2. The molecule has 9 nitrogen and oxygen atoms in total. The fraction of sp³-hybridized carbons (Fsp3) is 0.550. The van der Waals surface area contributed by atoms with Crippen molar-refractivity contribution in [3.8, 4) is 0 Å². The van der Waals surface area contributed by atoms with Crippen LogP contribution in [-0.4, -0.2) is 71.2 Å². The summed E-state index contributed by atoms with van der Waals surface area (Å²) in [6.07, 6.45) is 0.985. The molecule has 164 valence electrons. The van der Waals surface area contributed by atoms with Crippen LogP contribution in [0.5, 0.6) is 0 Å². The van der Waals surface area contributed by atoms with Gasteiger partial charge in [0.25, 0.3) is 0 Å². The number of amides is 2. The molecule has 10 heteroatoms. The van der Waals surface area contributed by atoms with E-state index < -0.39 is 50.3 Å². The molecule has 3 N–H and O–H groups in total. The van der Waals surface area contributed by atoms with Gasteiger partial charge in [-0.3, -0.25) is 9.59 Å². The van der Waals surface area contributed by atoms with E-state index in [0.29, 0.717) is 24.9 Å². The van der Waals surface area contributed by atoms with Gasteiger partial charge in [-0.05, 0) is 38.2 Å². The van der Waals surface area contributed by atoms with Gasteiger partial charge in [-0.15, -0.1) is 0 Å². The molecular formula is C20H27N3O6S. The highest BCUT2D eigenvalue weighted by Gasteiger charge is 2.60. The number of benzene rings is 1. The molecule has 3 atom stereocenters. The second kappa shape index (κ2) is 8.35. The van der Waals surface area contributed by atoms with Crippen LogP contribution in [0.4, 0.5) is 0 Å². The highest BCUT2D eigenvalue weighted by Crippen LogP contribution is 2.38. The Labute approximate surface area is 175 Å². The van der Waals surface area contributed by atoms with E-state index in [-0.39, 0.29) is 19.4 Å². The van der Waals surface area contributed by atoms with Gasteiger partial charge >= 0.3 is 5.97 Å². The zero-order valence-corrected chi connectivity index (χ0v) is 17.7. The molecule has 3 rings (SSSR count). The molecule has 2 heterocycles. The molecule has 1 aromatic carbocycles. The zero-order valence-electron chi connectivity index (χ0n) is 16.9. The Bertz CT molecular complexity index is 933. The first-order chi connectivity index (χ1) is 14.1. The van der Waals surface area contributed by atoms with E-state index in [9.17, 15) is 27.9 Å². The fourth-order valence-corrected chi connectivity index (χ4v) is 6.51. The minimum Gasteiger partial charge on any atom is -0.479 e. The van der Waals surface area contributed by atoms with Crippen LogP contribution in [0.25, 0.3) is 0 Å². The Morgan fingerprint density at radius 1 is 1.20 bits per heavy atom. The molecule has 0 spiro atoms. The van der Waals surface area contributed by atoms with Crippen molar-refractivity contribution in [1.29, 1.82) is 0 Å². The lowest BCUT2D eigenvalue weighted by atomic mass is 10.1. The molecule has 2 aliphatic rings. The first-order valence-corrected chi connectivity index (χ1v) is 11.6. The van der Waals surface area contributed by atoms with Crippen LogP contribution < -0.4 is 5.73 Å². The third-order valence-electron chi connectivity index (χ3n) is 5.86. The Morgan fingerprint density at radius 3 is 2.47 bits per heavy atom. The van der Waals surface area contributed by atoms with Gasteiger partial charge in [0.15, 0.2) is 9.84 Å². The third kappa shape index (κ3) is 3.69. The van der Waals surface area contributed by atoms with E-state index in [1.807, 2.05) is 0 Å². The average Bonchev–Trinajstić information content (AvgIpc) is 3.35. The second-order valence-corrected chi connectivity index (χ2v) is 10.1. The van der Waals surface area contributed by atoms with Crippen LogP contribution in [0.1, 0.15) is 38.2 Å². The molecule has 2 aliphatic heterocycles. The van der Waals surface area contributed by atoms with Crippen LogP contribution in [0.15, 0.2) is 30.3 Å². The van der Waals surface area contributed by atoms with Gasteiger partial charge in [-0.1, -0.05) is 30.3 Å². The van der Waals surface area contributed by atoms with Gasteiger partial charge in [-0.2, -0.15) is 0 Å². The van der Waals surface area contributed by atoms with Crippen LogP contribution in [0.3, 0.4) is 0 Å². The molecule has 0 radical (unpaired) electrons. The second-order valence-electron chi connectivity index (χ2n) is 7.91. The molecule has 0 aromatic heterocycles. The van der Waals surface area contributed by atoms with Crippen molar-refractivity contribution in [1.82, 2.24) is 9.80 Å². The number of aliphatic carboxylic acids is 1. The van der Waals surface area contributed by atoms with Crippen molar-refractivity contribution in [3.05, 3.63) is 35.9 Å².